The molecular formula is C11H13Cl2N3O. The number of hydrogen-bond donors (Lipinski definition) is 1. The molecule has 2 fully saturated rings. The van der Waals surface area contributed by atoms with Crippen molar-refractivity contribution < 1.29 is 5.11 Å². The van der Waals surface area contributed by atoms with E-state index in [2.05, 4.69) is 14.9 Å². The molecular weight excluding hydrogens is 261 g/mol. The van der Waals surface area contributed by atoms with E-state index in [9.17, 15) is 5.11 Å². The molecule has 1 atom stereocenters. The minimum Gasteiger partial charge on any atom is -0.394 e. The third-order valence-electron chi connectivity index (χ3n) is 3.76. The Morgan fingerprint density at radius 1 is 1.35 bits per heavy atom. The molecule has 0 unspecified atom stereocenters. The highest BCUT2D eigenvalue weighted by Gasteiger charge is 2.54. The molecule has 1 saturated carbocycles. The van der Waals surface area contributed by atoms with E-state index < -0.39 is 0 Å². The van der Waals surface area contributed by atoms with Gasteiger partial charge in [0.15, 0.2) is 0 Å². The van der Waals surface area contributed by atoms with E-state index in [0.717, 1.165) is 31.5 Å². The molecule has 1 N–H and O–H groups in total. The van der Waals surface area contributed by atoms with Gasteiger partial charge in [-0.2, -0.15) is 0 Å². The highest BCUT2D eigenvalue weighted by Crippen LogP contribution is 2.53. The molecule has 92 valence electrons. The van der Waals surface area contributed by atoms with Crippen molar-refractivity contribution in [3.8, 4) is 0 Å². The summed E-state index contributed by atoms with van der Waals surface area (Å²) >= 11 is 11.7. The summed E-state index contributed by atoms with van der Waals surface area (Å²) in [6.45, 7) is 0.140. The van der Waals surface area contributed by atoms with Crippen LogP contribution in [0, 0.1) is 0 Å². The summed E-state index contributed by atoms with van der Waals surface area (Å²) in [7, 11) is 0. The lowest BCUT2D eigenvalue weighted by Gasteiger charge is -2.30. The van der Waals surface area contributed by atoms with Crippen molar-refractivity contribution in [3.05, 3.63) is 16.5 Å². The average Bonchev–Trinajstić information content (AvgIpc) is 2.91. The second-order valence-corrected chi connectivity index (χ2v) is 5.51. The Hall–Kier alpha value is -0.580. The van der Waals surface area contributed by atoms with Gasteiger partial charge in [-0.25, -0.2) is 9.97 Å². The summed E-state index contributed by atoms with van der Waals surface area (Å²) in [6, 6.07) is 1.85. The fourth-order valence-electron chi connectivity index (χ4n) is 2.81. The predicted molar refractivity (Wildman–Crippen MR) is 66.6 cm³/mol. The van der Waals surface area contributed by atoms with Gasteiger partial charge in [0.2, 0.25) is 5.28 Å². The van der Waals surface area contributed by atoms with Crippen molar-refractivity contribution in [2.75, 3.05) is 11.5 Å². The number of nitrogens with zero attached hydrogens (tertiary/aromatic N) is 3. The SMILES string of the molecule is OC[C@H]1CCC2(CC2)N1c1cc(Cl)nc(Cl)n1. The van der Waals surface area contributed by atoms with Gasteiger partial charge in [0, 0.05) is 11.6 Å². The van der Waals surface area contributed by atoms with Crippen LogP contribution in [0.3, 0.4) is 0 Å². The third-order valence-corrected chi connectivity index (χ3v) is 4.12. The maximum absolute atomic E-state index is 9.45. The standard InChI is InChI=1S/C11H13Cl2N3O/c12-8-5-9(15-10(13)14-8)16-7(6-17)1-2-11(16)3-4-11/h5,7,17H,1-4,6H2/t7-/m1/s1. The third kappa shape index (κ3) is 1.88. The summed E-state index contributed by atoms with van der Waals surface area (Å²) in [4.78, 5) is 10.3. The summed E-state index contributed by atoms with van der Waals surface area (Å²) < 4.78 is 0. The van der Waals surface area contributed by atoms with Gasteiger partial charge in [0.25, 0.3) is 0 Å². The number of aromatic nitrogens is 2. The number of aliphatic hydroxyl groups is 1. The van der Waals surface area contributed by atoms with Gasteiger partial charge in [-0.15, -0.1) is 0 Å². The van der Waals surface area contributed by atoms with E-state index in [-0.39, 0.29) is 23.5 Å². The molecule has 0 amide bonds. The van der Waals surface area contributed by atoms with E-state index in [1.54, 1.807) is 6.07 Å². The van der Waals surface area contributed by atoms with Crippen LogP contribution in [-0.2, 0) is 0 Å². The van der Waals surface area contributed by atoms with Crippen LogP contribution >= 0.6 is 23.2 Å². The quantitative estimate of drug-likeness (QED) is 0.664. The Morgan fingerprint density at radius 2 is 2.12 bits per heavy atom. The zero-order chi connectivity index (χ0) is 12.0. The Morgan fingerprint density at radius 3 is 2.71 bits per heavy atom. The van der Waals surface area contributed by atoms with Crippen molar-refractivity contribution in [2.45, 2.75) is 37.3 Å². The first-order valence-corrected chi connectivity index (χ1v) is 6.50. The van der Waals surface area contributed by atoms with Crippen LogP contribution in [0.4, 0.5) is 5.82 Å². The monoisotopic (exact) mass is 273 g/mol. The van der Waals surface area contributed by atoms with Crippen LogP contribution in [0.15, 0.2) is 6.07 Å². The van der Waals surface area contributed by atoms with E-state index in [4.69, 9.17) is 23.2 Å². The normalized spacial score (nSPS) is 25.6. The second-order valence-electron chi connectivity index (χ2n) is 4.79. The van der Waals surface area contributed by atoms with E-state index in [1.807, 2.05) is 0 Å². The molecule has 17 heavy (non-hydrogen) atoms. The van der Waals surface area contributed by atoms with Crippen molar-refractivity contribution in [3.63, 3.8) is 0 Å². The first kappa shape index (κ1) is 11.5. The van der Waals surface area contributed by atoms with Gasteiger partial charge in [-0.3, -0.25) is 0 Å². The average molecular weight is 274 g/mol. The molecule has 6 heteroatoms. The molecule has 1 aromatic rings. The minimum atomic E-state index is 0.125. The smallest absolute Gasteiger partial charge is 0.225 e. The first-order valence-electron chi connectivity index (χ1n) is 5.75. The summed E-state index contributed by atoms with van der Waals surface area (Å²) in [5.74, 6) is 0.740. The molecule has 1 aliphatic carbocycles. The molecule has 2 heterocycles. The molecule has 3 rings (SSSR count). The first-order chi connectivity index (χ1) is 8.14. The van der Waals surface area contributed by atoms with Crippen LogP contribution in [0.25, 0.3) is 0 Å². The highest BCUT2D eigenvalue weighted by molar-refractivity contribution is 6.32. The topological polar surface area (TPSA) is 49.2 Å². The minimum absolute atomic E-state index is 0.125. The molecule has 0 radical (unpaired) electrons. The largest absolute Gasteiger partial charge is 0.394 e. The molecule has 4 nitrogen and oxygen atoms in total. The van der Waals surface area contributed by atoms with Gasteiger partial charge in [-0.1, -0.05) is 11.6 Å². The van der Waals surface area contributed by atoms with Crippen LogP contribution in [0.1, 0.15) is 25.7 Å². The Labute approximate surface area is 110 Å². The number of aliphatic hydroxyl groups excluding tert-OH is 1. The van der Waals surface area contributed by atoms with E-state index in [0.29, 0.717) is 5.15 Å². The van der Waals surface area contributed by atoms with Gasteiger partial charge >= 0.3 is 0 Å². The van der Waals surface area contributed by atoms with Crippen LogP contribution in [0.2, 0.25) is 10.4 Å². The van der Waals surface area contributed by atoms with Crippen LogP contribution < -0.4 is 4.90 Å². The number of rotatable bonds is 2. The van der Waals surface area contributed by atoms with E-state index >= 15 is 0 Å². The zero-order valence-corrected chi connectivity index (χ0v) is 10.7. The highest BCUT2D eigenvalue weighted by atomic mass is 35.5. The number of halogens is 2. The summed E-state index contributed by atoms with van der Waals surface area (Å²) in [5, 5.41) is 9.95. The van der Waals surface area contributed by atoms with Crippen molar-refractivity contribution >= 4 is 29.0 Å². The molecule has 1 spiro atoms. The Balaban J connectivity index is 2.00. The Bertz CT molecular complexity index is 430. The molecule has 0 aromatic carbocycles. The lowest BCUT2D eigenvalue weighted by Crippen LogP contribution is -2.40. The summed E-state index contributed by atoms with van der Waals surface area (Å²) in [6.07, 6.45) is 4.42. The van der Waals surface area contributed by atoms with Gasteiger partial charge < -0.3 is 10.0 Å². The van der Waals surface area contributed by atoms with Gasteiger partial charge in [0.1, 0.15) is 11.0 Å². The molecule has 0 bridgehead atoms. The van der Waals surface area contributed by atoms with Crippen molar-refractivity contribution in [1.29, 1.82) is 0 Å². The maximum Gasteiger partial charge on any atom is 0.225 e. The lowest BCUT2D eigenvalue weighted by atomic mass is 10.2. The summed E-state index contributed by atoms with van der Waals surface area (Å²) in [5.41, 5.74) is 0.189. The van der Waals surface area contributed by atoms with Crippen LogP contribution in [0.5, 0.6) is 0 Å². The van der Waals surface area contributed by atoms with E-state index in [1.165, 1.54) is 0 Å². The number of hydrogen-bond acceptors (Lipinski definition) is 4. The molecule has 1 saturated heterocycles. The maximum atomic E-state index is 9.45. The lowest BCUT2D eigenvalue weighted by molar-refractivity contribution is 0.264. The van der Waals surface area contributed by atoms with Gasteiger partial charge in [-0.05, 0) is 37.3 Å². The second kappa shape index (κ2) is 3.97. The predicted octanol–water partition coefficient (Wildman–Crippen LogP) is 2.28. The molecule has 1 aromatic heterocycles. The Kier molecular flexibility index (Phi) is 2.69. The van der Waals surface area contributed by atoms with Crippen molar-refractivity contribution in [1.82, 2.24) is 9.97 Å². The fraction of sp³-hybridized carbons (Fsp3) is 0.636. The van der Waals surface area contributed by atoms with Crippen LogP contribution in [-0.4, -0.2) is 33.3 Å². The fourth-order valence-corrected chi connectivity index (χ4v) is 3.21. The van der Waals surface area contributed by atoms with Gasteiger partial charge in [0.05, 0.1) is 12.6 Å². The molecule has 1 aliphatic heterocycles. The zero-order valence-electron chi connectivity index (χ0n) is 9.24. The van der Waals surface area contributed by atoms with Crippen molar-refractivity contribution in [2.24, 2.45) is 0 Å². The number of anilines is 1. The molecule has 2 aliphatic rings.